The summed E-state index contributed by atoms with van der Waals surface area (Å²) in [7, 11) is 8.23. The molecule has 14 heteroatoms. The van der Waals surface area contributed by atoms with Crippen molar-refractivity contribution in [2.75, 3.05) is 39.3 Å². The van der Waals surface area contributed by atoms with Gasteiger partial charge in [0, 0.05) is 48.1 Å². The molecule has 4 aliphatic heterocycles. The molecule has 2 saturated carbocycles. The Kier molecular flexibility index (Phi) is 21.6. The van der Waals surface area contributed by atoms with Crippen LogP contribution >= 0.6 is 0 Å². The van der Waals surface area contributed by atoms with Crippen LogP contribution in [0.5, 0.6) is 0 Å². The predicted octanol–water partition coefficient (Wildman–Crippen LogP) is 7.06. The van der Waals surface area contributed by atoms with Crippen molar-refractivity contribution in [2.24, 2.45) is 32.2 Å². The first-order valence-electron chi connectivity index (χ1n) is 17.8. The van der Waals surface area contributed by atoms with E-state index >= 15 is 0 Å². The van der Waals surface area contributed by atoms with E-state index in [1.165, 1.54) is 108 Å². The summed E-state index contributed by atoms with van der Waals surface area (Å²) in [6, 6.07) is 0.307. The van der Waals surface area contributed by atoms with Crippen molar-refractivity contribution in [2.45, 2.75) is 115 Å². The second-order valence-electron chi connectivity index (χ2n) is 13.1. The van der Waals surface area contributed by atoms with Crippen LogP contribution in [0.3, 0.4) is 0 Å². The van der Waals surface area contributed by atoms with E-state index in [1.54, 1.807) is 0 Å². The summed E-state index contributed by atoms with van der Waals surface area (Å²) in [5, 5.41) is 28.8. The zero-order chi connectivity index (χ0) is 33.1. The summed E-state index contributed by atoms with van der Waals surface area (Å²) in [6.07, 6.45) is 27.6. The van der Waals surface area contributed by atoms with Crippen molar-refractivity contribution in [3.63, 3.8) is 0 Å². The van der Waals surface area contributed by atoms with Crippen LogP contribution in [0.4, 0.5) is 0 Å². The number of hydrogen-bond donors (Lipinski definition) is 0. The number of hydrogen-bond acceptors (Lipinski definition) is 6. The average molecular weight is 837 g/mol. The van der Waals surface area contributed by atoms with Crippen LogP contribution in [0.15, 0.2) is 44.3 Å². The average Bonchev–Trinajstić information content (AvgIpc) is 3.87. The molecule has 3 saturated heterocycles. The SMILES string of the molecule is [ClH+][Cu][ClH+].[Cu+2].[S-]/C(=N\N=C(\C1=CC=CC[N-]1)C1CCCCC1)N1CCCC1.[S-]/C(=N\N=C(\C1CCCCC1)C1CCCC[N-]1)N1CCCC1. The Morgan fingerprint density at radius 3 is 1.71 bits per heavy atom. The number of allylic oxidation sites excluding steroid dienone is 3. The van der Waals surface area contributed by atoms with Crippen LogP contribution in [0.1, 0.15) is 109 Å². The van der Waals surface area contributed by atoms with Gasteiger partial charge in [-0.25, -0.2) is 0 Å². The fraction of sp³-hybridized carbons (Fsp3) is 0.765. The van der Waals surface area contributed by atoms with Crippen LogP contribution < -0.4 is 0 Å². The van der Waals surface area contributed by atoms with Crippen LogP contribution in [0.25, 0.3) is 10.6 Å². The molecular formula is C34H54Cl2Cu2N8S2. The second kappa shape index (κ2) is 24.7. The molecule has 5 fully saturated rings. The molecule has 0 amide bonds. The Labute approximate surface area is 326 Å². The van der Waals surface area contributed by atoms with Crippen molar-refractivity contribution >= 4 is 47.0 Å². The summed E-state index contributed by atoms with van der Waals surface area (Å²) < 4.78 is 0. The molecule has 0 bridgehead atoms. The Balaban J connectivity index is 0.000000236. The van der Waals surface area contributed by atoms with E-state index in [1.807, 2.05) is 0 Å². The van der Waals surface area contributed by atoms with Gasteiger partial charge in [0.1, 0.15) is 0 Å². The maximum absolute atomic E-state index is 5.46. The minimum absolute atomic E-state index is 0. The van der Waals surface area contributed by atoms with E-state index in [-0.39, 0.29) is 17.1 Å². The van der Waals surface area contributed by atoms with Crippen molar-refractivity contribution in [3.8, 4) is 0 Å². The van der Waals surface area contributed by atoms with Gasteiger partial charge in [0.15, 0.2) is 0 Å². The number of halogens is 2. The number of likely N-dealkylation sites (tertiary alicyclic amines) is 2. The van der Waals surface area contributed by atoms with Crippen molar-refractivity contribution in [3.05, 3.63) is 34.6 Å². The van der Waals surface area contributed by atoms with Gasteiger partial charge in [0.25, 0.3) is 0 Å². The second-order valence-corrected chi connectivity index (χ2v) is 15.7. The molecule has 278 valence electrons. The van der Waals surface area contributed by atoms with E-state index in [0.29, 0.717) is 28.2 Å². The summed E-state index contributed by atoms with van der Waals surface area (Å²) in [5.41, 5.74) is 3.29. The Morgan fingerprint density at radius 1 is 0.688 bits per heavy atom. The van der Waals surface area contributed by atoms with Gasteiger partial charge >= 0.3 is 50.4 Å². The number of rotatable bonds is 6. The number of nitrogens with zero attached hydrogens (tertiary/aromatic N) is 8. The summed E-state index contributed by atoms with van der Waals surface area (Å²) >= 11 is 11.9. The molecule has 0 aromatic rings. The van der Waals surface area contributed by atoms with Gasteiger partial charge in [0.2, 0.25) is 0 Å². The van der Waals surface area contributed by atoms with Gasteiger partial charge in [-0.1, -0.05) is 76.0 Å². The van der Waals surface area contributed by atoms with Gasteiger partial charge in [-0.15, -0.1) is 24.9 Å². The van der Waals surface area contributed by atoms with Crippen molar-refractivity contribution in [1.29, 1.82) is 0 Å². The quantitative estimate of drug-likeness (QED) is 0.0945. The molecule has 8 nitrogen and oxygen atoms in total. The molecule has 1 atom stereocenters. The standard InChI is InChI=1S/C17H29N4S.C17H25N4S.2ClH.2Cu/c2*22-17(21-12-6-7-13-21)20-19-16(14-8-2-1-3-9-14)15-10-4-5-11-18-15;;;;/h14-15H,1-13H2,(H,20,22);4-5,10,14H,1-3,6-9,11-13H2,(H,20,22);2*1H;;/q2*-1;;;2*+2/p-2/b19-16-;19-16+;;;;. The maximum atomic E-state index is 5.46. The fourth-order valence-corrected chi connectivity index (χ4v) is 7.74. The zero-order valence-electron chi connectivity index (χ0n) is 28.0. The molecule has 0 N–H and O–H groups in total. The molecular weight excluding hydrogens is 783 g/mol. The van der Waals surface area contributed by atoms with Gasteiger partial charge in [-0.05, 0) is 57.3 Å². The number of amidine groups is 2. The summed E-state index contributed by atoms with van der Waals surface area (Å²) in [6.45, 7) is 5.87. The maximum Gasteiger partial charge on any atom is 2.00 e. The van der Waals surface area contributed by atoms with Crippen molar-refractivity contribution in [1.82, 2.24) is 9.80 Å². The molecule has 1 radical (unpaired) electrons. The first kappa shape index (κ1) is 42.0. The molecule has 0 aromatic heterocycles. The summed E-state index contributed by atoms with van der Waals surface area (Å²) in [5.74, 6) is 1.08. The minimum atomic E-state index is 0. The monoisotopic (exact) mass is 834 g/mol. The molecule has 1 unspecified atom stereocenters. The van der Waals surface area contributed by atoms with Crippen molar-refractivity contribution < 1.29 is 50.4 Å². The molecule has 48 heavy (non-hydrogen) atoms. The third kappa shape index (κ3) is 14.3. The van der Waals surface area contributed by atoms with E-state index in [2.05, 4.69) is 73.9 Å². The van der Waals surface area contributed by atoms with E-state index in [4.69, 9.17) is 30.6 Å². The molecule has 6 aliphatic rings. The van der Waals surface area contributed by atoms with Gasteiger partial charge < -0.3 is 45.7 Å². The van der Waals surface area contributed by atoms with E-state index in [9.17, 15) is 0 Å². The van der Waals surface area contributed by atoms with E-state index < -0.39 is 0 Å². The largest absolute Gasteiger partial charge is 2.00 e. The zero-order valence-corrected chi connectivity index (χ0v) is 33.2. The molecule has 0 aromatic carbocycles. The van der Waals surface area contributed by atoms with E-state index in [0.717, 1.165) is 70.2 Å². The Morgan fingerprint density at radius 2 is 1.21 bits per heavy atom. The normalized spacial score (nSPS) is 25.0. The molecule has 6 rings (SSSR count). The Hall–Kier alpha value is -0.421. The van der Waals surface area contributed by atoms with Crippen LogP contribution in [0, 0.1) is 32.0 Å². The van der Waals surface area contributed by atoms with Crippen LogP contribution in [-0.4, -0.2) is 76.9 Å². The van der Waals surface area contributed by atoms with Gasteiger partial charge in [-0.2, -0.15) is 20.4 Å². The Bertz CT molecular complexity index is 1090. The summed E-state index contributed by atoms with van der Waals surface area (Å²) in [4.78, 5) is 4.35. The van der Waals surface area contributed by atoms with Crippen LogP contribution in [0.2, 0.25) is 0 Å². The smallest absolute Gasteiger partial charge is 0.741 e. The van der Waals surface area contributed by atoms with Gasteiger partial charge in [0.05, 0.1) is 5.71 Å². The van der Waals surface area contributed by atoms with Gasteiger partial charge in [-0.3, -0.25) is 0 Å². The minimum Gasteiger partial charge on any atom is -0.741 e. The third-order valence-corrected chi connectivity index (χ3v) is 10.5. The third-order valence-electron chi connectivity index (χ3n) is 9.86. The molecule has 4 heterocycles. The fourth-order valence-electron chi connectivity index (χ4n) is 7.30. The topological polar surface area (TPSA) is 84.1 Å². The first-order valence-corrected chi connectivity index (χ1v) is 21.4. The number of piperidine rings is 1. The first-order chi connectivity index (χ1) is 23.1. The predicted molar refractivity (Wildman–Crippen MR) is 193 cm³/mol. The molecule has 0 spiro atoms. The molecule has 2 aliphatic carbocycles. The van der Waals surface area contributed by atoms with Crippen LogP contribution in [-0.2, 0) is 55.5 Å².